The molecule has 1 rings (SSSR count). The molecule has 0 N–H and O–H groups in total. The highest BCUT2D eigenvalue weighted by molar-refractivity contribution is 6.51. The Kier molecular flexibility index (Phi) is 7.79. The zero-order valence-electron chi connectivity index (χ0n) is 12.2. The molecule has 0 aromatic rings. The van der Waals surface area contributed by atoms with Crippen molar-refractivity contribution < 1.29 is 3.79 Å². The van der Waals surface area contributed by atoms with E-state index in [0.29, 0.717) is 6.10 Å². The van der Waals surface area contributed by atoms with Crippen molar-refractivity contribution in [1.29, 1.82) is 0 Å². The van der Waals surface area contributed by atoms with E-state index < -0.39 is 14.5 Å². The van der Waals surface area contributed by atoms with Gasteiger partial charge in [-0.05, 0) is 32.4 Å². The van der Waals surface area contributed by atoms with E-state index in [1.807, 2.05) is 0 Å². The number of rotatable bonds is 8. The summed E-state index contributed by atoms with van der Waals surface area (Å²) in [6.45, 7) is 12.9. The van der Waals surface area contributed by atoms with Gasteiger partial charge in [-0.3, -0.25) is 0 Å². The molecule has 2 unspecified atom stereocenters. The van der Waals surface area contributed by atoms with E-state index in [1.165, 1.54) is 49.5 Å². The molecule has 0 amide bonds. The Hall–Kier alpha value is 0.452. The molecule has 2 atom stereocenters. The van der Waals surface area contributed by atoms with Gasteiger partial charge in [0.25, 0.3) is 0 Å². The van der Waals surface area contributed by atoms with Gasteiger partial charge in [0.1, 0.15) is 0 Å². The lowest BCUT2D eigenvalue weighted by Crippen LogP contribution is -2.31. The van der Waals surface area contributed by atoms with Crippen LogP contribution in [0.4, 0.5) is 0 Å². The topological polar surface area (TPSA) is 12.5 Å². The average molecular weight is 255 g/mol. The summed E-state index contributed by atoms with van der Waals surface area (Å²) in [5.41, 5.74) is 0. The number of hydrogen-bond acceptors (Lipinski definition) is 2. The van der Waals surface area contributed by atoms with Crippen molar-refractivity contribution in [1.82, 2.24) is 4.90 Å². The van der Waals surface area contributed by atoms with E-state index in [0.717, 1.165) is 5.92 Å². The maximum atomic E-state index is 6.42. The summed E-state index contributed by atoms with van der Waals surface area (Å²) in [5.74, 6) is 0.790. The van der Waals surface area contributed by atoms with Crippen LogP contribution in [0.1, 0.15) is 47.0 Å². The van der Waals surface area contributed by atoms with Gasteiger partial charge in [0.2, 0.25) is 0 Å². The third-order valence-electron chi connectivity index (χ3n) is 4.05. The normalized spacial score (nSPS) is 22.9. The fraction of sp³-hybridized carbons (Fsp3) is 1.00. The minimum Gasteiger partial charge on any atom is -0.498 e. The molecule has 2 nitrogen and oxygen atoms in total. The maximum absolute atomic E-state index is 6.42. The Bertz CT molecular complexity index is 195. The minimum atomic E-state index is -0.896. The summed E-state index contributed by atoms with van der Waals surface area (Å²) in [6.07, 6.45) is 4.44. The van der Waals surface area contributed by atoms with Gasteiger partial charge in [0, 0.05) is 12.6 Å². The average Bonchev–Trinajstić information content (AvgIpc) is 2.78. The standard InChI is InChI=1S/C8H16NO.2C3H7.Al/c1-3-9-5-4-8(6-9)7(2)10;2*1-3-2;/h7-8H,3-6H2,1-2H3;2*1,3H2,2H3;/q-1;;;+1. The van der Waals surface area contributed by atoms with Gasteiger partial charge in [0.05, 0.1) is 0 Å². The van der Waals surface area contributed by atoms with Crippen molar-refractivity contribution >= 4 is 14.5 Å². The van der Waals surface area contributed by atoms with Crippen LogP contribution < -0.4 is 0 Å². The fourth-order valence-corrected chi connectivity index (χ4v) is 5.55. The van der Waals surface area contributed by atoms with Gasteiger partial charge in [-0.25, -0.2) is 0 Å². The Morgan fingerprint density at radius 2 is 1.88 bits per heavy atom. The molecule has 100 valence electrons. The fourth-order valence-electron chi connectivity index (χ4n) is 2.87. The molecule has 0 aromatic heterocycles. The molecule has 3 heteroatoms. The highest BCUT2D eigenvalue weighted by atomic mass is 27.2. The Labute approximate surface area is 112 Å². The lowest BCUT2D eigenvalue weighted by molar-refractivity contribution is 0.150. The summed E-state index contributed by atoms with van der Waals surface area (Å²) in [4.78, 5) is 2.56. The highest BCUT2D eigenvalue weighted by Crippen LogP contribution is 2.23. The molecule has 1 heterocycles. The maximum Gasteiger partial charge on any atom is 0.460 e. The molecule has 0 bridgehead atoms. The van der Waals surface area contributed by atoms with E-state index >= 15 is 0 Å². The molecule has 17 heavy (non-hydrogen) atoms. The van der Waals surface area contributed by atoms with E-state index in [4.69, 9.17) is 3.79 Å². The van der Waals surface area contributed by atoms with Crippen LogP contribution in [-0.4, -0.2) is 45.1 Å². The molecule has 0 saturated carbocycles. The van der Waals surface area contributed by atoms with E-state index in [2.05, 4.69) is 32.6 Å². The van der Waals surface area contributed by atoms with Gasteiger partial charge in [-0.15, -0.1) is 0 Å². The van der Waals surface area contributed by atoms with Gasteiger partial charge < -0.3 is 8.69 Å². The van der Waals surface area contributed by atoms with Gasteiger partial charge >= 0.3 is 14.5 Å². The van der Waals surface area contributed by atoms with Gasteiger partial charge in [-0.2, -0.15) is 0 Å². The third-order valence-corrected chi connectivity index (χ3v) is 7.31. The molecule has 1 aliphatic rings. The molecular formula is C14H30AlNO. The van der Waals surface area contributed by atoms with E-state index in [1.54, 1.807) is 0 Å². The first kappa shape index (κ1) is 15.5. The largest absolute Gasteiger partial charge is 0.498 e. The first-order chi connectivity index (χ1) is 8.21. The Morgan fingerprint density at radius 1 is 1.24 bits per heavy atom. The summed E-state index contributed by atoms with van der Waals surface area (Å²) >= 11 is -0.896. The zero-order chi connectivity index (χ0) is 12.7. The predicted molar refractivity (Wildman–Crippen MR) is 76.7 cm³/mol. The van der Waals surface area contributed by atoms with Crippen LogP contribution in [0.15, 0.2) is 0 Å². The zero-order valence-corrected chi connectivity index (χ0v) is 13.4. The quantitative estimate of drug-likeness (QED) is 0.615. The molecule has 0 aromatic carbocycles. The van der Waals surface area contributed by atoms with Crippen molar-refractivity contribution in [3.05, 3.63) is 0 Å². The van der Waals surface area contributed by atoms with Crippen LogP contribution in [0.2, 0.25) is 10.6 Å². The molecule has 0 aliphatic carbocycles. The Balaban J connectivity index is 2.33. The molecule has 0 spiro atoms. The predicted octanol–water partition coefficient (Wildman–Crippen LogP) is 3.54. The summed E-state index contributed by atoms with van der Waals surface area (Å²) in [7, 11) is 0. The summed E-state index contributed by atoms with van der Waals surface area (Å²) < 4.78 is 6.42. The molecule has 0 radical (unpaired) electrons. The lowest BCUT2D eigenvalue weighted by atomic mass is 10.0. The van der Waals surface area contributed by atoms with Gasteiger partial charge in [0.15, 0.2) is 0 Å². The van der Waals surface area contributed by atoms with Gasteiger partial charge in [-0.1, -0.05) is 44.2 Å². The highest BCUT2D eigenvalue weighted by Gasteiger charge is 2.29. The second-order valence-electron chi connectivity index (χ2n) is 5.48. The van der Waals surface area contributed by atoms with Crippen LogP contribution in [0, 0.1) is 5.92 Å². The van der Waals surface area contributed by atoms with Crippen molar-refractivity contribution in [2.75, 3.05) is 19.6 Å². The molecule has 1 fully saturated rings. The van der Waals surface area contributed by atoms with Crippen LogP contribution >= 0.6 is 0 Å². The number of hydrogen-bond donors (Lipinski definition) is 0. The first-order valence-electron chi connectivity index (χ1n) is 7.59. The van der Waals surface area contributed by atoms with E-state index in [-0.39, 0.29) is 0 Å². The minimum absolute atomic E-state index is 0.501. The third kappa shape index (κ3) is 5.30. The van der Waals surface area contributed by atoms with E-state index in [9.17, 15) is 0 Å². The monoisotopic (exact) mass is 255 g/mol. The Morgan fingerprint density at radius 3 is 2.35 bits per heavy atom. The number of likely N-dealkylation sites (tertiary alicyclic amines) is 1. The summed E-state index contributed by atoms with van der Waals surface area (Å²) in [6, 6.07) is 0. The van der Waals surface area contributed by atoms with Crippen molar-refractivity contribution in [3.63, 3.8) is 0 Å². The second kappa shape index (κ2) is 8.54. The molecule has 1 aliphatic heterocycles. The van der Waals surface area contributed by atoms with Crippen molar-refractivity contribution in [2.45, 2.75) is 63.6 Å². The summed E-state index contributed by atoms with van der Waals surface area (Å²) in [5, 5.41) is 2.73. The second-order valence-corrected chi connectivity index (χ2v) is 8.15. The lowest BCUT2D eigenvalue weighted by Gasteiger charge is -2.25. The van der Waals surface area contributed by atoms with Crippen molar-refractivity contribution in [3.8, 4) is 0 Å². The number of nitrogens with zero attached hydrogens (tertiary/aromatic N) is 1. The van der Waals surface area contributed by atoms with Crippen LogP contribution in [-0.2, 0) is 3.79 Å². The van der Waals surface area contributed by atoms with Crippen LogP contribution in [0.25, 0.3) is 0 Å². The van der Waals surface area contributed by atoms with Crippen molar-refractivity contribution in [2.24, 2.45) is 5.92 Å². The van der Waals surface area contributed by atoms with Crippen LogP contribution in [0.3, 0.4) is 0 Å². The molecule has 1 saturated heterocycles. The molecular weight excluding hydrogens is 225 g/mol. The van der Waals surface area contributed by atoms with Crippen LogP contribution in [0.5, 0.6) is 0 Å². The first-order valence-corrected chi connectivity index (χ1v) is 9.69. The SMILES string of the molecule is CC[CH2][Al]([CH2]CC)[O]C(C)C1CCN(CC)C1. The smallest absolute Gasteiger partial charge is 0.460 e.